The minimum absolute atomic E-state index is 0.269. The minimum atomic E-state index is 0.269. The van der Waals surface area contributed by atoms with E-state index in [0.29, 0.717) is 6.04 Å². The van der Waals surface area contributed by atoms with Crippen molar-refractivity contribution in [1.82, 2.24) is 5.32 Å². The lowest BCUT2D eigenvalue weighted by molar-refractivity contribution is -0.125. The van der Waals surface area contributed by atoms with Gasteiger partial charge in [-0.2, -0.15) is 0 Å². The van der Waals surface area contributed by atoms with Gasteiger partial charge in [-0.15, -0.1) is 0 Å². The lowest BCUT2D eigenvalue weighted by Gasteiger charge is -2.38. The number of hydrogen-bond donors (Lipinski definition) is 1. The van der Waals surface area contributed by atoms with Crippen molar-refractivity contribution < 1.29 is 4.79 Å². The van der Waals surface area contributed by atoms with Gasteiger partial charge in [0.1, 0.15) is 0 Å². The third kappa shape index (κ3) is 1.47. The van der Waals surface area contributed by atoms with E-state index in [1.54, 1.807) is 0 Å². The van der Waals surface area contributed by atoms with E-state index in [4.69, 9.17) is 0 Å². The van der Waals surface area contributed by atoms with Gasteiger partial charge in [0.05, 0.1) is 0 Å². The van der Waals surface area contributed by atoms with Crippen molar-refractivity contribution in [3.8, 4) is 0 Å². The van der Waals surface area contributed by atoms with Crippen LogP contribution in [-0.2, 0) is 4.79 Å². The van der Waals surface area contributed by atoms with Crippen LogP contribution in [0.5, 0.6) is 0 Å². The molecule has 0 radical (unpaired) electrons. The molecule has 1 amide bonds. The Hall–Kier alpha value is -0.530. The molecule has 1 aliphatic heterocycles. The molecule has 2 nitrogen and oxygen atoms in total. The second kappa shape index (κ2) is 3.08. The molecule has 1 aliphatic carbocycles. The van der Waals surface area contributed by atoms with Crippen molar-refractivity contribution in [3.63, 3.8) is 0 Å². The van der Waals surface area contributed by atoms with Gasteiger partial charge in [-0.3, -0.25) is 4.79 Å². The molecule has 0 bridgehead atoms. The summed E-state index contributed by atoms with van der Waals surface area (Å²) in [4.78, 5) is 11.1. The third-order valence-corrected chi connectivity index (χ3v) is 3.33. The number of carbonyl (C=O) groups excluding carboxylic acids is 1. The van der Waals surface area contributed by atoms with Gasteiger partial charge in [0, 0.05) is 12.5 Å². The van der Waals surface area contributed by atoms with E-state index in [-0.39, 0.29) is 5.91 Å². The Morgan fingerprint density at radius 3 is 3.00 bits per heavy atom. The summed E-state index contributed by atoms with van der Waals surface area (Å²) in [7, 11) is 0. The number of amides is 1. The molecule has 2 heteroatoms. The normalized spacial score (nSPS) is 41.8. The van der Waals surface area contributed by atoms with Crippen LogP contribution in [0.2, 0.25) is 0 Å². The highest BCUT2D eigenvalue weighted by atomic mass is 16.1. The van der Waals surface area contributed by atoms with E-state index in [9.17, 15) is 4.79 Å². The molecule has 0 aromatic heterocycles. The Bertz CT molecular complexity index is 190. The SMILES string of the molecule is CC1CCC2NC(=O)CCC2C1. The molecule has 3 atom stereocenters. The molecule has 0 aromatic rings. The van der Waals surface area contributed by atoms with Gasteiger partial charge in [0.25, 0.3) is 0 Å². The highest BCUT2D eigenvalue weighted by molar-refractivity contribution is 5.77. The standard InChI is InChI=1S/C10H17NO/c1-7-2-4-9-8(6-7)3-5-10(12)11-9/h7-9H,2-6H2,1H3,(H,11,12). The first-order chi connectivity index (χ1) is 5.75. The van der Waals surface area contributed by atoms with Gasteiger partial charge in [0.15, 0.2) is 0 Å². The Balaban J connectivity index is 1.98. The maximum absolute atomic E-state index is 11.1. The molecular formula is C10H17NO. The molecular weight excluding hydrogens is 150 g/mol. The third-order valence-electron chi connectivity index (χ3n) is 3.33. The van der Waals surface area contributed by atoms with Crippen LogP contribution in [-0.4, -0.2) is 11.9 Å². The van der Waals surface area contributed by atoms with Crippen LogP contribution in [0.1, 0.15) is 39.0 Å². The quantitative estimate of drug-likeness (QED) is 0.584. The first kappa shape index (κ1) is 8.09. The average Bonchev–Trinajstić information content (AvgIpc) is 2.05. The number of carbonyl (C=O) groups is 1. The summed E-state index contributed by atoms with van der Waals surface area (Å²) in [6, 6.07) is 0.516. The van der Waals surface area contributed by atoms with E-state index in [2.05, 4.69) is 12.2 Å². The Morgan fingerprint density at radius 2 is 2.17 bits per heavy atom. The van der Waals surface area contributed by atoms with E-state index in [1.807, 2.05) is 0 Å². The predicted octanol–water partition coefficient (Wildman–Crippen LogP) is 1.70. The molecule has 2 aliphatic rings. The number of nitrogens with one attached hydrogen (secondary N) is 1. The van der Waals surface area contributed by atoms with Gasteiger partial charge in [-0.05, 0) is 37.5 Å². The van der Waals surface area contributed by atoms with Crippen LogP contribution >= 0.6 is 0 Å². The van der Waals surface area contributed by atoms with E-state index < -0.39 is 0 Å². The maximum atomic E-state index is 11.1. The molecule has 68 valence electrons. The fraction of sp³-hybridized carbons (Fsp3) is 0.900. The van der Waals surface area contributed by atoms with Crippen LogP contribution in [0.3, 0.4) is 0 Å². The van der Waals surface area contributed by atoms with Gasteiger partial charge < -0.3 is 5.32 Å². The molecule has 2 rings (SSSR count). The Labute approximate surface area is 73.7 Å². The lowest BCUT2D eigenvalue weighted by Crippen LogP contribution is -2.47. The summed E-state index contributed by atoms with van der Waals surface area (Å²) in [6.45, 7) is 2.33. The van der Waals surface area contributed by atoms with E-state index >= 15 is 0 Å². The molecule has 0 aromatic carbocycles. The van der Waals surface area contributed by atoms with E-state index in [0.717, 1.165) is 24.7 Å². The maximum Gasteiger partial charge on any atom is 0.220 e. The van der Waals surface area contributed by atoms with Gasteiger partial charge in [-0.25, -0.2) is 0 Å². The zero-order valence-electron chi connectivity index (χ0n) is 7.68. The van der Waals surface area contributed by atoms with Crippen molar-refractivity contribution in [2.24, 2.45) is 11.8 Å². The predicted molar refractivity (Wildman–Crippen MR) is 47.7 cm³/mol. The van der Waals surface area contributed by atoms with Crippen molar-refractivity contribution in [1.29, 1.82) is 0 Å². The fourth-order valence-electron chi connectivity index (χ4n) is 2.60. The van der Waals surface area contributed by atoms with Crippen molar-refractivity contribution in [2.45, 2.75) is 45.1 Å². The zero-order valence-corrected chi connectivity index (χ0v) is 7.68. The molecule has 0 spiro atoms. The highest BCUT2D eigenvalue weighted by Crippen LogP contribution is 2.33. The molecule has 12 heavy (non-hydrogen) atoms. The highest BCUT2D eigenvalue weighted by Gasteiger charge is 2.32. The fourth-order valence-corrected chi connectivity index (χ4v) is 2.60. The first-order valence-electron chi connectivity index (χ1n) is 5.05. The molecule has 1 heterocycles. The molecule has 1 saturated carbocycles. The smallest absolute Gasteiger partial charge is 0.220 e. The minimum Gasteiger partial charge on any atom is -0.353 e. The zero-order chi connectivity index (χ0) is 8.55. The van der Waals surface area contributed by atoms with Crippen molar-refractivity contribution in [3.05, 3.63) is 0 Å². The topological polar surface area (TPSA) is 29.1 Å². The van der Waals surface area contributed by atoms with Gasteiger partial charge in [0.2, 0.25) is 5.91 Å². The summed E-state index contributed by atoms with van der Waals surface area (Å²) in [5.74, 6) is 1.93. The second-order valence-electron chi connectivity index (χ2n) is 4.39. The summed E-state index contributed by atoms with van der Waals surface area (Å²) >= 11 is 0. The number of hydrogen-bond acceptors (Lipinski definition) is 1. The van der Waals surface area contributed by atoms with Crippen LogP contribution in [0.15, 0.2) is 0 Å². The number of fused-ring (bicyclic) bond motifs is 1. The average molecular weight is 167 g/mol. The summed E-state index contributed by atoms with van der Waals surface area (Å²) < 4.78 is 0. The van der Waals surface area contributed by atoms with Crippen molar-refractivity contribution >= 4 is 5.91 Å². The Morgan fingerprint density at radius 1 is 1.33 bits per heavy atom. The second-order valence-corrected chi connectivity index (χ2v) is 4.39. The lowest BCUT2D eigenvalue weighted by atomic mass is 9.75. The monoisotopic (exact) mass is 167 g/mol. The molecule has 1 N–H and O–H groups in total. The van der Waals surface area contributed by atoms with Gasteiger partial charge >= 0.3 is 0 Å². The summed E-state index contributed by atoms with van der Waals surface area (Å²) in [5, 5.41) is 3.10. The first-order valence-corrected chi connectivity index (χ1v) is 5.05. The largest absolute Gasteiger partial charge is 0.353 e. The number of rotatable bonds is 0. The molecule has 2 fully saturated rings. The molecule has 1 saturated heterocycles. The van der Waals surface area contributed by atoms with Gasteiger partial charge in [-0.1, -0.05) is 6.92 Å². The summed E-state index contributed by atoms with van der Waals surface area (Å²) in [5.41, 5.74) is 0. The van der Waals surface area contributed by atoms with Crippen LogP contribution < -0.4 is 5.32 Å². The number of piperidine rings is 1. The summed E-state index contributed by atoms with van der Waals surface area (Å²) in [6.07, 6.45) is 5.71. The van der Waals surface area contributed by atoms with Crippen molar-refractivity contribution in [2.75, 3.05) is 0 Å². The van der Waals surface area contributed by atoms with Crippen LogP contribution in [0.25, 0.3) is 0 Å². The van der Waals surface area contributed by atoms with Crippen LogP contribution in [0.4, 0.5) is 0 Å². The van der Waals surface area contributed by atoms with Crippen LogP contribution in [0, 0.1) is 11.8 Å². The molecule has 3 unspecified atom stereocenters. The van der Waals surface area contributed by atoms with E-state index in [1.165, 1.54) is 19.3 Å². The Kier molecular flexibility index (Phi) is 2.07.